The molecule has 5 nitrogen and oxygen atoms in total. The van der Waals surface area contributed by atoms with E-state index in [0.29, 0.717) is 17.1 Å². The van der Waals surface area contributed by atoms with Gasteiger partial charge in [-0.25, -0.2) is 4.98 Å². The Hall–Kier alpha value is -3.30. The highest BCUT2D eigenvalue weighted by molar-refractivity contribution is 8.00. The van der Waals surface area contributed by atoms with E-state index in [1.165, 1.54) is 17.3 Å². The molecule has 4 rings (SSSR count). The Morgan fingerprint density at radius 3 is 2.72 bits per heavy atom. The molecule has 2 aromatic carbocycles. The van der Waals surface area contributed by atoms with Crippen molar-refractivity contribution in [3.63, 3.8) is 0 Å². The van der Waals surface area contributed by atoms with Gasteiger partial charge in [0.2, 0.25) is 5.91 Å². The first kappa shape index (κ1) is 19.0. The maximum Gasteiger partial charge on any atom is 0.237 e. The number of anilines is 1. The molecular formula is C23H19N3O2S. The number of carbonyl (C=O) groups excluding carboxylic acids is 1. The average molecular weight is 401 g/mol. The molecule has 0 aliphatic carbocycles. The fraction of sp³-hybridized carbons (Fsp3) is 0.174. The molecule has 0 saturated heterocycles. The summed E-state index contributed by atoms with van der Waals surface area (Å²) in [6.45, 7) is 0.698. The third-order valence-corrected chi connectivity index (χ3v) is 5.86. The molecule has 0 bridgehead atoms. The predicted molar refractivity (Wildman–Crippen MR) is 114 cm³/mol. The van der Waals surface area contributed by atoms with Crippen molar-refractivity contribution in [1.82, 2.24) is 4.98 Å². The van der Waals surface area contributed by atoms with Crippen LogP contribution >= 0.6 is 11.8 Å². The summed E-state index contributed by atoms with van der Waals surface area (Å²) in [5.41, 5.74) is 4.34. The van der Waals surface area contributed by atoms with Gasteiger partial charge in [-0.05, 0) is 54.4 Å². The number of thioether (sulfide) groups is 1. The first-order chi connectivity index (χ1) is 14.2. The number of ether oxygens (including phenoxy) is 1. The molecule has 144 valence electrons. The van der Waals surface area contributed by atoms with Crippen molar-refractivity contribution >= 4 is 23.4 Å². The van der Waals surface area contributed by atoms with Crippen LogP contribution in [0.4, 0.5) is 5.69 Å². The van der Waals surface area contributed by atoms with Crippen LogP contribution in [-0.2, 0) is 11.2 Å². The normalized spacial score (nSPS) is 12.3. The topological polar surface area (TPSA) is 66.2 Å². The minimum Gasteiger partial charge on any atom is -0.497 e. The number of carbonyl (C=O) groups is 1. The molecule has 0 spiro atoms. The van der Waals surface area contributed by atoms with Gasteiger partial charge >= 0.3 is 0 Å². The number of nitriles is 1. The molecule has 0 radical (unpaired) electrons. The summed E-state index contributed by atoms with van der Waals surface area (Å²) < 4.78 is 5.19. The van der Waals surface area contributed by atoms with E-state index in [1.54, 1.807) is 13.2 Å². The second kappa shape index (κ2) is 8.38. The molecule has 2 heterocycles. The van der Waals surface area contributed by atoms with E-state index in [1.807, 2.05) is 53.4 Å². The van der Waals surface area contributed by atoms with Crippen molar-refractivity contribution in [3.05, 3.63) is 71.8 Å². The number of para-hydroxylation sites is 1. The van der Waals surface area contributed by atoms with Crippen molar-refractivity contribution < 1.29 is 9.53 Å². The third kappa shape index (κ3) is 3.96. The molecule has 0 N–H and O–H groups in total. The number of hydrogen-bond acceptors (Lipinski definition) is 5. The lowest BCUT2D eigenvalue weighted by Gasteiger charge is -2.17. The number of benzene rings is 2. The van der Waals surface area contributed by atoms with Gasteiger partial charge in [-0.2, -0.15) is 5.26 Å². The summed E-state index contributed by atoms with van der Waals surface area (Å²) in [4.78, 5) is 19.2. The van der Waals surface area contributed by atoms with Gasteiger partial charge in [0.25, 0.3) is 0 Å². The molecule has 0 unspecified atom stereocenters. The van der Waals surface area contributed by atoms with Crippen LogP contribution in [0.1, 0.15) is 11.1 Å². The van der Waals surface area contributed by atoms with Crippen LogP contribution in [0.2, 0.25) is 0 Å². The van der Waals surface area contributed by atoms with Gasteiger partial charge < -0.3 is 9.64 Å². The van der Waals surface area contributed by atoms with Crippen molar-refractivity contribution in [1.29, 1.82) is 5.26 Å². The minimum absolute atomic E-state index is 0.0282. The van der Waals surface area contributed by atoms with Crippen LogP contribution in [0.3, 0.4) is 0 Å². The minimum atomic E-state index is 0.0282. The van der Waals surface area contributed by atoms with E-state index in [0.717, 1.165) is 29.1 Å². The predicted octanol–water partition coefficient (Wildman–Crippen LogP) is 4.31. The number of rotatable bonds is 5. The Morgan fingerprint density at radius 2 is 1.97 bits per heavy atom. The Morgan fingerprint density at radius 1 is 1.17 bits per heavy atom. The maximum absolute atomic E-state index is 12.8. The number of methoxy groups -OCH3 is 1. The molecule has 1 aliphatic heterocycles. The van der Waals surface area contributed by atoms with Gasteiger partial charge in [0.15, 0.2) is 0 Å². The fourth-order valence-electron chi connectivity index (χ4n) is 3.36. The third-order valence-electron chi connectivity index (χ3n) is 4.89. The summed E-state index contributed by atoms with van der Waals surface area (Å²) in [5.74, 6) is 1.04. The summed E-state index contributed by atoms with van der Waals surface area (Å²) in [6.07, 6.45) is 0.876. The zero-order valence-electron chi connectivity index (χ0n) is 16.0. The second-order valence-corrected chi connectivity index (χ2v) is 7.57. The van der Waals surface area contributed by atoms with Gasteiger partial charge in [-0.3, -0.25) is 4.79 Å². The van der Waals surface area contributed by atoms with Crippen molar-refractivity contribution in [2.45, 2.75) is 11.4 Å². The number of fused-ring (bicyclic) bond motifs is 1. The Kier molecular flexibility index (Phi) is 5.50. The summed E-state index contributed by atoms with van der Waals surface area (Å²) in [7, 11) is 1.62. The number of pyridine rings is 1. The molecule has 6 heteroatoms. The van der Waals surface area contributed by atoms with E-state index >= 15 is 0 Å². The first-order valence-corrected chi connectivity index (χ1v) is 10.2. The molecule has 1 aliphatic rings. The molecule has 29 heavy (non-hydrogen) atoms. The van der Waals surface area contributed by atoms with E-state index in [4.69, 9.17) is 4.74 Å². The quantitative estimate of drug-likeness (QED) is 0.596. The molecule has 1 aromatic heterocycles. The second-order valence-electron chi connectivity index (χ2n) is 6.60. The Balaban J connectivity index is 1.52. The maximum atomic E-state index is 12.8. The number of hydrogen-bond donors (Lipinski definition) is 0. The highest BCUT2D eigenvalue weighted by Crippen LogP contribution is 2.30. The lowest BCUT2D eigenvalue weighted by Crippen LogP contribution is -2.30. The average Bonchev–Trinajstić information content (AvgIpc) is 3.21. The number of aromatic nitrogens is 1. The van der Waals surface area contributed by atoms with Crippen molar-refractivity contribution in [2.24, 2.45) is 0 Å². The van der Waals surface area contributed by atoms with Crippen LogP contribution in [0, 0.1) is 11.3 Å². The monoisotopic (exact) mass is 401 g/mol. The summed E-state index contributed by atoms with van der Waals surface area (Å²) in [6, 6.07) is 21.3. The van der Waals surface area contributed by atoms with Crippen molar-refractivity contribution in [2.75, 3.05) is 24.3 Å². The van der Waals surface area contributed by atoms with Crippen LogP contribution in [0.25, 0.3) is 11.3 Å². The lowest BCUT2D eigenvalue weighted by atomic mass is 10.1. The summed E-state index contributed by atoms with van der Waals surface area (Å²) in [5, 5.41) is 10.0. The van der Waals surface area contributed by atoms with Gasteiger partial charge in [-0.15, -0.1) is 0 Å². The number of nitrogens with zero attached hydrogens (tertiary/aromatic N) is 3. The largest absolute Gasteiger partial charge is 0.497 e. The SMILES string of the molecule is COc1ccc(-c2ccc(C#N)c(SCC(=O)N3CCc4ccccc43)n2)cc1. The molecule has 0 saturated carbocycles. The Labute approximate surface area is 173 Å². The molecule has 1 amide bonds. The van der Waals surface area contributed by atoms with Crippen LogP contribution < -0.4 is 9.64 Å². The van der Waals surface area contributed by atoms with Crippen LogP contribution in [0.5, 0.6) is 5.75 Å². The van der Waals surface area contributed by atoms with Gasteiger partial charge in [0, 0.05) is 17.8 Å². The standard InChI is InChI=1S/C23H19N3O2S/c1-28-19-9-6-16(7-10-19)20-11-8-18(14-24)23(25-20)29-15-22(27)26-13-12-17-4-2-3-5-21(17)26/h2-11H,12-13,15H2,1H3. The highest BCUT2D eigenvalue weighted by Gasteiger charge is 2.24. The first-order valence-electron chi connectivity index (χ1n) is 9.26. The van der Waals surface area contributed by atoms with Gasteiger partial charge in [0.05, 0.1) is 24.1 Å². The van der Waals surface area contributed by atoms with E-state index in [9.17, 15) is 10.1 Å². The molecular weight excluding hydrogens is 382 g/mol. The van der Waals surface area contributed by atoms with Gasteiger partial charge in [-0.1, -0.05) is 30.0 Å². The zero-order chi connectivity index (χ0) is 20.2. The van der Waals surface area contributed by atoms with E-state index in [2.05, 4.69) is 17.1 Å². The van der Waals surface area contributed by atoms with Crippen LogP contribution in [0.15, 0.2) is 65.7 Å². The Bertz CT molecular complexity index is 1090. The molecule has 0 fully saturated rings. The zero-order valence-corrected chi connectivity index (χ0v) is 16.8. The smallest absolute Gasteiger partial charge is 0.237 e. The fourth-order valence-corrected chi connectivity index (χ4v) is 4.21. The van der Waals surface area contributed by atoms with E-state index < -0.39 is 0 Å². The molecule has 0 atom stereocenters. The highest BCUT2D eigenvalue weighted by atomic mass is 32.2. The van der Waals surface area contributed by atoms with Crippen molar-refractivity contribution in [3.8, 4) is 23.1 Å². The summed E-state index contributed by atoms with van der Waals surface area (Å²) >= 11 is 1.31. The number of amides is 1. The lowest BCUT2D eigenvalue weighted by molar-refractivity contribution is -0.116. The van der Waals surface area contributed by atoms with E-state index in [-0.39, 0.29) is 11.7 Å². The molecule has 3 aromatic rings. The van der Waals surface area contributed by atoms with Gasteiger partial charge in [0.1, 0.15) is 16.8 Å². The van der Waals surface area contributed by atoms with Crippen LogP contribution in [-0.4, -0.2) is 30.3 Å².